The second-order valence-corrected chi connectivity index (χ2v) is 4.31. The molecule has 0 fully saturated rings. The molecule has 0 spiro atoms. The van der Waals surface area contributed by atoms with Crippen LogP contribution in [-0.4, -0.2) is 44.3 Å². The summed E-state index contributed by atoms with van der Waals surface area (Å²) in [5.74, 6) is -4.91. The zero-order chi connectivity index (χ0) is 26.3. The first-order valence-electron chi connectivity index (χ1n) is 10.4. The molecular weight excluding hydrogens is 457 g/mol. The standard InChI is InChI=1S/2C8H6O4.2CH4.2CH3.Y.2H2/c2*9-7(10)5-3-1-2-4-6(5)8(11)12;;;;;;;/h2*1-4H,(H,9,10)(H,11,12);2*1H4;2*1H3;;2*1H/q;;;;2*-1;;;/i;;2*1D;;;;2*1+1D. The van der Waals surface area contributed by atoms with Gasteiger partial charge in [-0.1, -0.05) is 39.1 Å². The van der Waals surface area contributed by atoms with E-state index in [0.717, 1.165) is 0 Å². The Morgan fingerprint density at radius 2 is 0.759 bits per heavy atom. The van der Waals surface area contributed by atoms with Crippen molar-refractivity contribution in [1.29, 1.82) is 0 Å². The van der Waals surface area contributed by atoms with Crippen molar-refractivity contribution in [3.05, 3.63) is 85.6 Å². The normalized spacial score (nSPS) is 8.76. The third kappa shape index (κ3) is 11.1. The predicted molar refractivity (Wildman–Crippen MR) is 111 cm³/mol. The summed E-state index contributed by atoms with van der Waals surface area (Å²) in [5, 5.41) is 34.2. The number of carboxylic acid groups (broad SMARTS) is 4. The van der Waals surface area contributed by atoms with Crippen molar-refractivity contribution in [3.63, 3.8) is 0 Å². The van der Waals surface area contributed by atoms with Crippen LogP contribution in [0.25, 0.3) is 0 Å². The number of carboxylic acids is 4. The van der Waals surface area contributed by atoms with E-state index < -0.39 is 23.9 Å². The number of carbonyl (C=O) groups is 4. The molecule has 0 aliphatic carbocycles. The maximum atomic E-state index is 10.5. The largest absolute Gasteiger partial charge is 0.478 e. The van der Waals surface area contributed by atoms with Gasteiger partial charge in [-0.2, -0.15) is 0 Å². The van der Waals surface area contributed by atoms with Crippen LogP contribution < -0.4 is 0 Å². The second kappa shape index (κ2) is 17.5. The molecule has 9 heteroatoms. The zero-order valence-electron chi connectivity index (χ0n) is 22.6. The molecule has 2 aromatic rings. The molecule has 0 saturated heterocycles. The molecule has 8 nitrogen and oxygen atoms in total. The Morgan fingerprint density at radius 3 is 0.862 bits per heavy atom. The minimum absolute atomic E-state index is 0. The average molecular weight is 493 g/mol. The fourth-order valence-corrected chi connectivity index (χ4v) is 1.71. The molecule has 0 aliphatic heterocycles. The number of rotatable bonds is 4. The van der Waals surface area contributed by atoms with Crippen molar-refractivity contribution in [2.45, 2.75) is 14.8 Å². The molecule has 0 aromatic heterocycles. The van der Waals surface area contributed by atoms with E-state index in [2.05, 4.69) is 0 Å². The Balaban J connectivity index is -0.0000000652. The number of hydrogen-bond donors (Lipinski definition) is 4. The van der Waals surface area contributed by atoms with E-state index in [1.54, 1.807) is 0 Å². The number of benzene rings is 2. The van der Waals surface area contributed by atoms with Crippen molar-refractivity contribution in [1.82, 2.24) is 0 Å². The van der Waals surface area contributed by atoms with Gasteiger partial charge in [0.15, 0.2) is 0 Å². The molecule has 0 unspecified atom stereocenters. The molecule has 1 radical (unpaired) electrons. The van der Waals surface area contributed by atoms with E-state index in [9.17, 15) is 19.2 Å². The molecule has 0 heterocycles. The molecule has 4 N–H and O–H groups in total. The maximum Gasteiger partial charge on any atom is 0.336 e. The first-order chi connectivity index (χ1) is 15.3. The van der Waals surface area contributed by atoms with E-state index in [-0.39, 0.29) is 69.8 Å². The number of aromatic carboxylic acids is 4. The monoisotopic (exact) mass is 493 g/mol. The Morgan fingerprint density at radius 1 is 0.621 bits per heavy atom. The van der Waals surface area contributed by atoms with Crippen LogP contribution >= 0.6 is 0 Å². The molecule has 163 valence electrons. The van der Waals surface area contributed by atoms with E-state index in [1.807, 2.05) is 0 Å². The molecular formula is C20H30O8Y-2. The van der Waals surface area contributed by atoms with Crippen LogP contribution in [0, 0.1) is 14.9 Å². The average Bonchev–Trinajstić information content (AvgIpc) is 2.84. The topological polar surface area (TPSA) is 149 Å². The quantitative estimate of drug-likeness (QED) is 0.443. The smallest absolute Gasteiger partial charge is 0.336 e. The maximum absolute atomic E-state index is 10.5. The summed E-state index contributed by atoms with van der Waals surface area (Å²) in [6, 6.07) is 11.0. The molecule has 0 atom stereocenters. The molecule has 0 saturated carbocycles. The summed E-state index contributed by atoms with van der Waals surface area (Å²) in [6.07, 6.45) is 0. The van der Waals surface area contributed by atoms with Crippen LogP contribution in [0.1, 0.15) is 64.9 Å². The molecule has 0 bridgehead atoms. The van der Waals surface area contributed by atoms with Crippen LogP contribution in [-0.2, 0) is 32.7 Å². The van der Waals surface area contributed by atoms with Gasteiger partial charge in [-0.05, 0) is 24.3 Å². The molecule has 29 heavy (non-hydrogen) atoms. The Labute approximate surface area is 205 Å². The molecule has 0 amide bonds. The van der Waals surface area contributed by atoms with Gasteiger partial charge in [0.05, 0.1) is 22.3 Å². The fraction of sp³-hybridized carbons (Fsp3) is 0.100. The van der Waals surface area contributed by atoms with Gasteiger partial charge in [-0.15, -0.1) is 0 Å². The van der Waals surface area contributed by atoms with E-state index >= 15 is 0 Å². The van der Waals surface area contributed by atoms with E-state index in [1.165, 1.54) is 63.3 Å². The third-order valence-electron chi connectivity index (χ3n) is 2.78. The van der Waals surface area contributed by atoms with Gasteiger partial charge in [0, 0.05) is 41.4 Å². The zero-order valence-corrected chi connectivity index (χ0v) is 19.5. The van der Waals surface area contributed by atoms with E-state index in [0.29, 0.717) is 0 Å². The summed E-state index contributed by atoms with van der Waals surface area (Å²) >= 11 is 0. The molecule has 2 rings (SSSR count). The van der Waals surface area contributed by atoms with Crippen LogP contribution in [0.2, 0.25) is 0 Å². The van der Waals surface area contributed by atoms with Crippen molar-refractivity contribution in [2.75, 3.05) is 0 Å². The Hall–Kier alpha value is -2.58. The van der Waals surface area contributed by atoms with Gasteiger partial charge >= 0.3 is 23.9 Å². The molecule has 2 aromatic carbocycles. The van der Waals surface area contributed by atoms with E-state index in [4.69, 9.17) is 29.1 Å². The van der Waals surface area contributed by atoms with Gasteiger partial charge in [-0.25, -0.2) is 19.2 Å². The summed E-state index contributed by atoms with van der Waals surface area (Å²) < 4.78 is 31.5. The van der Waals surface area contributed by atoms with Crippen molar-refractivity contribution in [2.24, 2.45) is 0 Å². The molecule has 0 aliphatic rings. The van der Waals surface area contributed by atoms with Gasteiger partial charge in [0.2, 0.25) is 0 Å². The van der Waals surface area contributed by atoms with Gasteiger partial charge < -0.3 is 35.3 Å². The predicted octanol–water partition coefficient (Wildman–Crippen LogP) is 4.83. The van der Waals surface area contributed by atoms with Gasteiger partial charge in [0.1, 0.15) is 0 Å². The fourth-order valence-electron chi connectivity index (χ4n) is 1.71. The van der Waals surface area contributed by atoms with Crippen LogP contribution in [0.3, 0.4) is 0 Å². The van der Waals surface area contributed by atoms with Crippen LogP contribution in [0.15, 0.2) is 48.5 Å². The minimum atomic E-state index is -1.23. The second-order valence-electron chi connectivity index (χ2n) is 4.31. The SMILES string of the molecule is O=C(O)c1ccccc1C(=O)O.O=C(O)c1ccccc1C(=O)O.[2H]C.[2H]C.[2H][2H].[2H][2H].[CH3-].[CH3-].[Y]. The van der Waals surface area contributed by atoms with Crippen molar-refractivity contribution < 1.29 is 81.0 Å². The van der Waals surface area contributed by atoms with Crippen LogP contribution in [0.5, 0.6) is 0 Å². The van der Waals surface area contributed by atoms with Crippen LogP contribution in [0.4, 0.5) is 0 Å². The summed E-state index contributed by atoms with van der Waals surface area (Å²) in [5.41, 5.74) is -0.759. The summed E-state index contributed by atoms with van der Waals surface area (Å²) in [4.78, 5) is 41.9. The van der Waals surface area contributed by atoms with Gasteiger partial charge in [0.25, 0.3) is 0 Å². The Kier molecular flexibility index (Phi) is 16.0. The minimum Gasteiger partial charge on any atom is -0.478 e. The Bertz CT molecular complexity index is 692. The summed E-state index contributed by atoms with van der Waals surface area (Å²) in [7, 11) is 2.50. The summed E-state index contributed by atoms with van der Waals surface area (Å²) in [6.45, 7) is 0. The third-order valence-corrected chi connectivity index (χ3v) is 2.78. The number of hydrogen-bond acceptors (Lipinski definition) is 4. The van der Waals surface area contributed by atoms with Gasteiger partial charge in [-0.3, -0.25) is 0 Å². The van der Waals surface area contributed by atoms with Crippen molar-refractivity contribution >= 4 is 23.9 Å². The van der Waals surface area contributed by atoms with Crippen molar-refractivity contribution in [3.8, 4) is 0 Å². The first-order valence-corrected chi connectivity index (χ1v) is 6.37. The first kappa shape index (κ1) is 26.4.